The maximum atomic E-state index is 3.76. The highest BCUT2D eigenvalue weighted by Crippen LogP contribution is 2.32. The Morgan fingerprint density at radius 3 is 2.90 bits per heavy atom. The van der Waals surface area contributed by atoms with Crippen molar-refractivity contribution in [2.45, 2.75) is 38.3 Å². The number of anilines is 1. The van der Waals surface area contributed by atoms with Crippen LogP contribution in [0.2, 0.25) is 0 Å². The van der Waals surface area contributed by atoms with Gasteiger partial charge in [0, 0.05) is 24.8 Å². The average Bonchev–Trinajstić information content (AvgIpc) is 2.96. The smallest absolute Gasteiger partial charge is 0.0418 e. The molecule has 1 unspecified atom stereocenters. The third-order valence-corrected chi connectivity index (χ3v) is 4.83. The van der Waals surface area contributed by atoms with Crippen LogP contribution in [0.4, 0.5) is 5.69 Å². The van der Waals surface area contributed by atoms with Crippen molar-refractivity contribution in [1.29, 1.82) is 0 Å². The molecule has 0 aromatic heterocycles. The summed E-state index contributed by atoms with van der Waals surface area (Å²) in [7, 11) is 0. The molecule has 2 nitrogen and oxygen atoms in total. The van der Waals surface area contributed by atoms with E-state index in [0.29, 0.717) is 6.04 Å². The van der Waals surface area contributed by atoms with Crippen LogP contribution < -0.4 is 10.6 Å². The van der Waals surface area contributed by atoms with Gasteiger partial charge in [-0.05, 0) is 47.9 Å². The molecule has 1 aliphatic heterocycles. The molecule has 108 valence electrons. The summed E-state index contributed by atoms with van der Waals surface area (Å²) in [6.45, 7) is 2.06. The van der Waals surface area contributed by atoms with Crippen molar-refractivity contribution in [2.75, 3.05) is 11.9 Å². The zero-order chi connectivity index (χ0) is 14.1. The molecule has 0 saturated heterocycles. The second-order valence-electron chi connectivity index (χ2n) is 6.15. The van der Waals surface area contributed by atoms with E-state index in [4.69, 9.17) is 0 Å². The number of aryl methyl sites for hydroxylation is 2. The Hall–Kier alpha value is -1.80. The van der Waals surface area contributed by atoms with Gasteiger partial charge in [0.25, 0.3) is 0 Å². The van der Waals surface area contributed by atoms with E-state index in [1.165, 1.54) is 53.6 Å². The molecule has 0 radical (unpaired) electrons. The number of hydrogen-bond donors (Lipinski definition) is 2. The molecule has 2 aromatic carbocycles. The fourth-order valence-electron chi connectivity index (χ4n) is 3.73. The molecule has 0 saturated carbocycles. The van der Waals surface area contributed by atoms with Gasteiger partial charge in [0.15, 0.2) is 0 Å². The van der Waals surface area contributed by atoms with Gasteiger partial charge in [0.05, 0.1) is 0 Å². The maximum absolute atomic E-state index is 3.76. The minimum absolute atomic E-state index is 0.514. The highest BCUT2D eigenvalue weighted by molar-refractivity contribution is 5.59. The van der Waals surface area contributed by atoms with Gasteiger partial charge in [0.1, 0.15) is 0 Å². The Kier molecular flexibility index (Phi) is 3.40. The lowest BCUT2D eigenvalue weighted by molar-refractivity contribution is 0.530. The van der Waals surface area contributed by atoms with E-state index in [2.05, 4.69) is 53.1 Å². The number of fused-ring (bicyclic) bond motifs is 2. The van der Waals surface area contributed by atoms with E-state index in [9.17, 15) is 0 Å². The third kappa shape index (κ3) is 2.44. The first-order chi connectivity index (χ1) is 10.4. The summed E-state index contributed by atoms with van der Waals surface area (Å²) in [5.74, 6) is 0. The molecule has 21 heavy (non-hydrogen) atoms. The number of hydrogen-bond acceptors (Lipinski definition) is 2. The Bertz CT molecular complexity index is 648. The molecule has 1 aliphatic carbocycles. The van der Waals surface area contributed by atoms with Crippen molar-refractivity contribution in [2.24, 2.45) is 0 Å². The first-order valence-corrected chi connectivity index (χ1v) is 8.07. The lowest BCUT2D eigenvalue weighted by Crippen LogP contribution is -2.21. The van der Waals surface area contributed by atoms with Crippen molar-refractivity contribution in [3.8, 4) is 0 Å². The van der Waals surface area contributed by atoms with Gasteiger partial charge in [-0.15, -0.1) is 0 Å². The molecule has 2 aliphatic rings. The molecule has 1 heterocycles. The molecule has 2 N–H and O–H groups in total. The highest BCUT2D eigenvalue weighted by Gasteiger charge is 2.21. The van der Waals surface area contributed by atoms with Crippen LogP contribution in [0.25, 0.3) is 0 Å². The number of rotatable bonds is 3. The van der Waals surface area contributed by atoms with Gasteiger partial charge in [0.2, 0.25) is 0 Å². The fourth-order valence-corrected chi connectivity index (χ4v) is 3.73. The molecule has 0 amide bonds. The maximum Gasteiger partial charge on any atom is 0.0418 e. The van der Waals surface area contributed by atoms with E-state index in [0.717, 1.165) is 13.1 Å². The van der Waals surface area contributed by atoms with E-state index in [1.807, 2.05) is 0 Å². The van der Waals surface area contributed by atoms with Gasteiger partial charge in [-0.2, -0.15) is 0 Å². The molecule has 0 fully saturated rings. The van der Waals surface area contributed by atoms with E-state index < -0.39 is 0 Å². The largest absolute Gasteiger partial charge is 0.385 e. The number of nitrogens with one attached hydrogen (secondary N) is 2. The summed E-state index contributed by atoms with van der Waals surface area (Å²) in [5.41, 5.74) is 7.28. The van der Waals surface area contributed by atoms with Crippen LogP contribution in [0.5, 0.6) is 0 Å². The van der Waals surface area contributed by atoms with Crippen molar-refractivity contribution in [1.82, 2.24) is 5.32 Å². The minimum Gasteiger partial charge on any atom is -0.385 e. The van der Waals surface area contributed by atoms with Gasteiger partial charge in [-0.3, -0.25) is 0 Å². The van der Waals surface area contributed by atoms with Crippen LogP contribution >= 0.6 is 0 Å². The monoisotopic (exact) mass is 278 g/mol. The quantitative estimate of drug-likeness (QED) is 0.892. The van der Waals surface area contributed by atoms with Crippen LogP contribution in [0.1, 0.15) is 41.1 Å². The Morgan fingerprint density at radius 2 is 1.90 bits per heavy atom. The second-order valence-corrected chi connectivity index (χ2v) is 6.15. The van der Waals surface area contributed by atoms with Crippen LogP contribution in [0.15, 0.2) is 42.5 Å². The molecule has 4 rings (SSSR count). The van der Waals surface area contributed by atoms with Gasteiger partial charge < -0.3 is 10.6 Å². The summed E-state index contributed by atoms with van der Waals surface area (Å²) in [5, 5.41) is 7.35. The highest BCUT2D eigenvalue weighted by atomic mass is 14.9. The van der Waals surface area contributed by atoms with Gasteiger partial charge >= 0.3 is 0 Å². The zero-order valence-corrected chi connectivity index (χ0v) is 12.4. The molecule has 2 aromatic rings. The Balaban J connectivity index is 1.51. The second kappa shape index (κ2) is 5.53. The fraction of sp³-hybridized carbons (Fsp3) is 0.368. The van der Waals surface area contributed by atoms with Gasteiger partial charge in [-0.1, -0.05) is 42.5 Å². The first-order valence-electron chi connectivity index (χ1n) is 8.07. The normalized spacial score (nSPS) is 19.7. The molecular formula is C19H22N2. The predicted octanol–water partition coefficient (Wildman–Crippen LogP) is 3.82. The van der Waals surface area contributed by atoms with Crippen molar-refractivity contribution >= 4 is 5.69 Å². The van der Waals surface area contributed by atoms with Crippen molar-refractivity contribution in [3.05, 3.63) is 64.7 Å². The SMILES string of the molecule is c1ccc2c(c1)CCC2NCc1cccc2c1NCCC2. The summed E-state index contributed by atoms with van der Waals surface area (Å²) >= 11 is 0. The predicted molar refractivity (Wildman–Crippen MR) is 87.6 cm³/mol. The third-order valence-electron chi connectivity index (χ3n) is 4.83. The number of para-hydroxylation sites is 1. The molecule has 2 heteroatoms. The van der Waals surface area contributed by atoms with Crippen LogP contribution in [-0.2, 0) is 19.4 Å². The zero-order valence-electron chi connectivity index (χ0n) is 12.4. The summed E-state index contributed by atoms with van der Waals surface area (Å²) in [4.78, 5) is 0. The average molecular weight is 278 g/mol. The minimum atomic E-state index is 0.514. The van der Waals surface area contributed by atoms with Crippen molar-refractivity contribution < 1.29 is 0 Å². The van der Waals surface area contributed by atoms with Crippen LogP contribution in [-0.4, -0.2) is 6.54 Å². The number of benzene rings is 2. The summed E-state index contributed by atoms with van der Waals surface area (Å²) in [6, 6.07) is 16.1. The summed E-state index contributed by atoms with van der Waals surface area (Å²) < 4.78 is 0. The van der Waals surface area contributed by atoms with Crippen LogP contribution in [0, 0.1) is 0 Å². The van der Waals surface area contributed by atoms with E-state index in [1.54, 1.807) is 0 Å². The molecule has 0 spiro atoms. The lowest BCUT2D eigenvalue weighted by Gasteiger charge is -2.22. The molecule has 1 atom stereocenters. The Morgan fingerprint density at radius 1 is 1.00 bits per heavy atom. The van der Waals surface area contributed by atoms with Gasteiger partial charge in [-0.25, -0.2) is 0 Å². The standard InChI is InChI=1S/C19H22N2/c1-2-9-17-14(5-1)10-11-18(17)21-13-16-7-3-6-15-8-4-12-20-19(15)16/h1-3,5-7,9,18,20-21H,4,8,10-13H2. The van der Waals surface area contributed by atoms with Crippen LogP contribution in [0.3, 0.4) is 0 Å². The lowest BCUT2D eigenvalue weighted by atomic mass is 9.99. The first kappa shape index (κ1) is 12.9. The van der Waals surface area contributed by atoms with E-state index >= 15 is 0 Å². The molecular weight excluding hydrogens is 256 g/mol. The van der Waals surface area contributed by atoms with E-state index in [-0.39, 0.29) is 0 Å². The molecule has 0 bridgehead atoms. The van der Waals surface area contributed by atoms with Crippen molar-refractivity contribution in [3.63, 3.8) is 0 Å². The Labute approximate surface area is 126 Å². The topological polar surface area (TPSA) is 24.1 Å². The summed E-state index contributed by atoms with van der Waals surface area (Å²) in [6.07, 6.45) is 4.89.